The highest BCUT2D eigenvalue weighted by Gasteiger charge is 2.11. The molecule has 0 radical (unpaired) electrons. The Kier molecular flexibility index (Phi) is 4.39. The zero-order valence-electron chi connectivity index (χ0n) is 12.6. The molecular weight excluding hydrogens is 252 g/mol. The van der Waals surface area contributed by atoms with Crippen LogP contribution in [0.1, 0.15) is 42.4 Å². The van der Waals surface area contributed by atoms with Crippen molar-refractivity contribution in [3.8, 4) is 5.75 Å². The molecule has 2 N–H and O–H groups in total. The van der Waals surface area contributed by atoms with Gasteiger partial charge in [0, 0.05) is 12.6 Å². The molecule has 0 fully saturated rings. The maximum atomic E-state index is 5.94. The summed E-state index contributed by atoms with van der Waals surface area (Å²) in [5.41, 5.74) is 9.00. The lowest BCUT2D eigenvalue weighted by Gasteiger charge is -2.14. The van der Waals surface area contributed by atoms with Crippen molar-refractivity contribution in [2.24, 2.45) is 5.73 Å². The fourth-order valence-corrected chi connectivity index (χ4v) is 2.33. The quantitative estimate of drug-likeness (QED) is 0.909. The summed E-state index contributed by atoms with van der Waals surface area (Å²) >= 11 is 0. The Morgan fingerprint density at radius 2 is 1.90 bits per heavy atom. The molecule has 2 aromatic rings. The van der Waals surface area contributed by atoms with Crippen LogP contribution >= 0.6 is 0 Å². The zero-order chi connectivity index (χ0) is 14.7. The molecule has 0 saturated heterocycles. The average molecular weight is 274 g/mol. The van der Waals surface area contributed by atoms with Gasteiger partial charge in [0.05, 0.1) is 0 Å². The Morgan fingerprint density at radius 3 is 2.45 bits per heavy atom. The molecule has 0 unspecified atom stereocenters. The van der Waals surface area contributed by atoms with E-state index in [0.717, 1.165) is 28.3 Å². The molecule has 2 rings (SSSR count). The Bertz CT molecular complexity index is 566. The van der Waals surface area contributed by atoms with Crippen molar-refractivity contribution in [2.75, 3.05) is 0 Å². The summed E-state index contributed by atoms with van der Waals surface area (Å²) in [6, 6.07) is 4.41. The topological polar surface area (TPSA) is 66.0 Å². The third-order valence-corrected chi connectivity index (χ3v) is 3.24. The standard InChI is InChI=1S/C15H22N4O/c1-10(2)19-14(17-9-18-19)8-20-15-11(3)5-13(7-16)6-12(15)4/h5-6,9-10H,7-8,16H2,1-4H3. The maximum Gasteiger partial charge on any atom is 0.165 e. The minimum Gasteiger partial charge on any atom is -0.485 e. The van der Waals surface area contributed by atoms with Crippen molar-refractivity contribution in [3.63, 3.8) is 0 Å². The lowest BCUT2D eigenvalue weighted by molar-refractivity contribution is 0.279. The minimum absolute atomic E-state index is 0.276. The molecular formula is C15H22N4O. The monoisotopic (exact) mass is 274 g/mol. The number of hydrogen-bond acceptors (Lipinski definition) is 4. The van der Waals surface area contributed by atoms with Crippen molar-refractivity contribution in [2.45, 2.75) is 46.9 Å². The summed E-state index contributed by atoms with van der Waals surface area (Å²) in [6.45, 7) is 9.18. The molecule has 0 spiro atoms. The molecule has 0 aliphatic heterocycles. The smallest absolute Gasteiger partial charge is 0.165 e. The summed E-state index contributed by atoms with van der Waals surface area (Å²) in [4.78, 5) is 4.25. The van der Waals surface area contributed by atoms with Crippen LogP contribution in [0.5, 0.6) is 5.75 Å². The third kappa shape index (κ3) is 2.99. The van der Waals surface area contributed by atoms with Crippen LogP contribution in [-0.2, 0) is 13.2 Å². The van der Waals surface area contributed by atoms with E-state index in [1.165, 1.54) is 0 Å². The van der Waals surface area contributed by atoms with Crippen LogP contribution in [0.3, 0.4) is 0 Å². The van der Waals surface area contributed by atoms with E-state index in [-0.39, 0.29) is 6.04 Å². The molecule has 0 saturated carbocycles. The lowest BCUT2D eigenvalue weighted by atomic mass is 10.1. The van der Waals surface area contributed by atoms with E-state index in [4.69, 9.17) is 10.5 Å². The van der Waals surface area contributed by atoms with Crippen LogP contribution in [0, 0.1) is 13.8 Å². The number of hydrogen-bond donors (Lipinski definition) is 1. The Hall–Kier alpha value is -1.88. The van der Waals surface area contributed by atoms with Crippen LogP contribution < -0.4 is 10.5 Å². The van der Waals surface area contributed by atoms with E-state index >= 15 is 0 Å². The van der Waals surface area contributed by atoms with E-state index in [0.29, 0.717) is 13.2 Å². The number of aryl methyl sites for hydroxylation is 2. The summed E-state index contributed by atoms with van der Waals surface area (Å²) in [6.07, 6.45) is 1.57. The van der Waals surface area contributed by atoms with Crippen LogP contribution in [0.4, 0.5) is 0 Å². The SMILES string of the molecule is Cc1cc(CN)cc(C)c1OCc1ncnn1C(C)C. The number of ether oxygens (including phenoxy) is 1. The van der Waals surface area contributed by atoms with Gasteiger partial charge < -0.3 is 10.5 Å². The van der Waals surface area contributed by atoms with Gasteiger partial charge in [-0.25, -0.2) is 9.67 Å². The Morgan fingerprint density at radius 1 is 1.25 bits per heavy atom. The summed E-state index contributed by atoms with van der Waals surface area (Å²) in [7, 11) is 0. The van der Waals surface area contributed by atoms with Gasteiger partial charge in [-0.1, -0.05) is 12.1 Å². The Labute approximate surface area is 119 Å². The first-order valence-corrected chi connectivity index (χ1v) is 6.84. The van der Waals surface area contributed by atoms with Crippen molar-refractivity contribution >= 4 is 0 Å². The molecule has 108 valence electrons. The fraction of sp³-hybridized carbons (Fsp3) is 0.467. The molecule has 1 heterocycles. The second-order valence-electron chi connectivity index (χ2n) is 5.27. The molecule has 0 aliphatic carbocycles. The zero-order valence-corrected chi connectivity index (χ0v) is 12.6. The molecule has 5 heteroatoms. The highest BCUT2D eigenvalue weighted by atomic mass is 16.5. The van der Waals surface area contributed by atoms with Gasteiger partial charge in [-0.05, 0) is 44.4 Å². The van der Waals surface area contributed by atoms with Crippen molar-refractivity contribution < 1.29 is 4.74 Å². The van der Waals surface area contributed by atoms with Gasteiger partial charge in [-0.3, -0.25) is 0 Å². The molecule has 5 nitrogen and oxygen atoms in total. The van der Waals surface area contributed by atoms with Crippen molar-refractivity contribution in [1.29, 1.82) is 0 Å². The van der Waals surface area contributed by atoms with Gasteiger partial charge in [0.2, 0.25) is 0 Å². The summed E-state index contributed by atoms with van der Waals surface area (Å²) in [5.74, 6) is 1.74. The first kappa shape index (κ1) is 14.5. The summed E-state index contributed by atoms with van der Waals surface area (Å²) in [5, 5.41) is 4.21. The molecule has 0 bridgehead atoms. The molecule has 20 heavy (non-hydrogen) atoms. The first-order valence-electron chi connectivity index (χ1n) is 6.84. The predicted molar refractivity (Wildman–Crippen MR) is 78.5 cm³/mol. The number of nitrogens with two attached hydrogens (primary N) is 1. The maximum absolute atomic E-state index is 5.94. The molecule has 1 aromatic heterocycles. The second kappa shape index (κ2) is 6.05. The van der Waals surface area contributed by atoms with Crippen LogP contribution in [0.2, 0.25) is 0 Å². The fourth-order valence-electron chi connectivity index (χ4n) is 2.33. The van der Waals surface area contributed by atoms with E-state index in [2.05, 4.69) is 36.1 Å². The van der Waals surface area contributed by atoms with Crippen LogP contribution in [0.25, 0.3) is 0 Å². The van der Waals surface area contributed by atoms with Crippen LogP contribution in [-0.4, -0.2) is 14.8 Å². The van der Waals surface area contributed by atoms with Gasteiger partial charge in [-0.2, -0.15) is 5.10 Å². The van der Waals surface area contributed by atoms with E-state index in [1.807, 2.05) is 18.5 Å². The number of nitrogens with zero attached hydrogens (tertiary/aromatic N) is 3. The van der Waals surface area contributed by atoms with Gasteiger partial charge in [-0.15, -0.1) is 0 Å². The number of rotatable bonds is 5. The average Bonchev–Trinajstić information content (AvgIpc) is 2.86. The van der Waals surface area contributed by atoms with Gasteiger partial charge in [0.1, 0.15) is 18.7 Å². The molecule has 0 atom stereocenters. The first-order chi connectivity index (χ1) is 9.52. The predicted octanol–water partition coefficient (Wildman–Crippen LogP) is 2.51. The summed E-state index contributed by atoms with van der Waals surface area (Å²) < 4.78 is 7.81. The highest BCUT2D eigenvalue weighted by molar-refractivity contribution is 5.43. The van der Waals surface area contributed by atoms with E-state index in [9.17, 15) is 0 Å². The molecule has 1 aromatic carbocycles. The van der Waals surface area contributed by atoms with Crippen molar-refractivity contribution in [1.82, 2.24) is 14.8 Å². The molecule has 0 amide bonds. The highest BCUT2D eigenvalue weighted by Crippen LogP contribution is 2.25. The lowest BCUT2D eigenvalue weighted by Crippen LogP contribution is -2.11. The number of benzene rings is 1. The van der Waals surface area contributed by atoms with E-state index < -0.39 is 0 Å². The van der Waals surface area contributed by atoms with Gasteiger partial charge in [0.25, 0.3) is 0 Å². The Balaban J connectivity index is 2.17. The molecule has 0 aliphatic rings. The minimum atomic E-state index is 0.276. The van der Waals surface area contributed by atoms with Gasteiger partial charge >= 0.3 is 0 Å². The second-order valence-corrected chi connectivity index (χ2v) is 5.27. The number of aromatic nitrogens is 3. The van der Waals surface area contributed by atoms with Crippen LogP contribution in [0.15, 0.2) is 18.5 Å². The van der Waals surface area contributed by atoms with Crippen molar-refractivity contribution in [3.05, 3.63) is 41.0 Å². The largest absolute Gasteiger partial charge is 0.485 e. The van der Waals surface area contributed by atoms with Gasteiger partial charge in [0.15, 0.2) is 5.82 Å². The third-order valence-electron chi connectivity index (χ3n) is 3.24. The normalized spacial score (nSPS) is 11.1. The van der Waals surface area contributed by atoms with E-state index in [1.54, 1.807) is 6.33 Å².